The molecule has 0 radical (unpaired) electrons. The largest absolute Gasteiger partial charge is 0.461 e. The summed E-state index contributed by atoms with van der Waals surface area (Å²) in [6.45, 7) is 5.00. The number of carbonyl (C=O) groups excluding carboxylic acids is 4. The van der Waals surface area contributed by atoms with Crippen LogP contribution in [0.25, 0.3) is 0 Å². The van der Waals surface area contributed by atoms with E-state index in [2.05, 4.69) is 4.99 Å². The summed E-state index contributed by atoms with van der Waals surface area (Å²) in [6.07, 6.45) is 1.46. The first-order valence-electron chi connectivity index (χ1n) is 13.2. The van der Waals surface area contributed by atoms with Crippen LogP contribution in [-0.4, -0.2) is 59.6 Å². The number of alkyl halides is 1. The van der Waals surface area contributed by atoms with Crippen LogP contribution in [0.4, 0.5) is 4.39 Å². The lowest BCUT2D eigenvalue weighted by molar-refractivity contribution is -0.154. The first-order chi connectivity index (χ1) is 18.0. The molecule has 0 aromatic heterocycles. The van der Waals surface area contributed by atoms with E-state index in [0.29, 0.717) is 25.8 Å². The van der Waals surface area contributed by atoms with Crippen LogP contribution in [0, 0.1) is 17.8 Å². The first kappa shape index (κ1) is 30.9. The highest BCUT2D eigenvalue weighted by molar-refractivity contribution is 5.97. The fraction of sp³-hybridized carbons (Fsp3) is 0.607. The highest BCUT2D eigenvalue weighted by Crippen LogP contribution is 2.35. The van der Waals surface area contributed by atoms with Crippen molar-refractivity contribution in [2.75, 3.05) is 19.8 Å². The van der Waals surface area contributed by atoms with Crippen molar-refractivity contribution in [1.82, 2.24) is 4.90 Å². The molecule has 1 aliphatic heterocycles. The molecular formula is C28H41FN4O5. The Morgan fingerprint density at radius 3 is 2.42 bits per heavy atom. The Bertz CT molecular complexity index is 996. The van der Waals surface area contributed by atoms with E-state index in [1.165, 1.54) is 0 Å². The van der Waals surface area contributed by atoms with Gasteiger partial charge < -0.3 is 21.1 Å². The molecule has 1 amide bonds. The molecule has 0 unspecified atom stereocenters. The molecule has 1 aliphatic rings. The average molecular weight is 533 g/mol. The number of rotatable bonds is 15. The normalized spacial score (nSPS) is 18.6. The van der Waals surface area contributed by atoms with Gasteiger partial charge in [-0.2, -0.15) is 0 Å². The number of benzene rings is 1. The van der Waals surface area contributed by atoms with Gasteiger partial charge in [-0.3, -0.25) is 24.2 Å². The zero-order chi connectivity index (χ0) is 28.3. The third-order valence-electron chi connectivity index (χ3n) is 7.28. The molecule has 2 rings (SSSR count). The summed E-state index contributed by atoms with van der Waals surface area (Å²) in [5, 5.41) is 0. The zero-order valence-electron chi connectivity index (χ0n) is 22.7. The van der Waals surface area contributed by atoms with E-state index in [4.69, 9.17) is 16.2 Å². The predicted molar refractivity (Wildman–Crippen MR) is 143 cm³/mol. The Labute approximate surface area is 224 Å². The molecule has 3 atom stereocenters. The fourth-order valence-corrected chi connectivity index (χ4v) is 4.87. The Morgan fingerprint density at radius 1 is 1.13 bits per heavy atom. The maximum atomic E-state index is 13.7. The molecule has 0 aliphatic carbocycles. The van der Waals surface area contributed by atoms with Crippen molar-refractivity contribution in [1.29, 1.82) is 0 Å². The number of Topliss-reactive ketones (excluding diaryl/α,β-unsaturated/α-hetero) is 2. The van der Waals surface area contributed by atoms with E-state index >= 15 is 0 Å². The number of nitrogens with two attached hydrogens (primary N) is 2. The minimum atomic E-state index is -1.17. The summed E-state index contributed by atoms with van der Waals surface area (Å²) in [6, 6.07) is 9.27. The van der Waals surface area contributed by atoms with E-state index < -0.39 is 35.8 Å². The van der Waals surface area contributed by atoms with Crippen LogP contribution in [-0.2, 0) is 30.5 Å². The summed E-state index contributed by atoms with van der Waals surface area (Å²) in [4.78, 5) is 57.4. The molecule has 0 spiro atoms. The number of likely N-dealkylation sites (tertiary alicyclic amines) is 1. The van der Waals surface area contributed by atoms with Gasteiger partial charge in [0, 0.05) is 25.4 Å². The van der Waals surface area contributed by atoms with Crippen molar-refractivity contribution < 1.29 is 28.3 Å². The van der Waals surface area contributed by atoms with Gasteiger partial charge >= 0.3 is 5.97 Å². The van der Waals surface area contributed by atoms with Crippen molar-refractivity contribution in [2.24, 2.45) is 34.2 Å². The van der Waals surface area contributed by atoms with Crippen LogP contribution in [0.5, 0.6) is 0 Å². The zero-order valence-corrected chi connectivity index (χ0v) is 22.7. The Balaban J connectivity index is 2.09. The topological polar surface area (TPSA) is 145 Å². The smallest absolute Gasteiger partial charge is 0.306 e. The lowest BCUT2D eigenvalue weighted by Gasteiger charge is -2.37. The van der Waals surface area contributed by atoms with Crippen LogP contribution < -0.4 is 11.5 Å². The maximum absolute atomic E-state index is 13.7. The number of hydrogen-bond donors (Lipinski definition) is 2. The lowest BCUT2D eigenvalue weighted by atomic mass is 9.82. The number of nitrogens with zero attached hydrogens (tertiary/aromatic N) is 2. The van der Waals surface area contributed by atoms with Crippen LogP contribution in [0.2, 0.25) is 0 Å². The molecule has 1 saturated heterocycles. The van der Waals surface area contributed by atoms with E-state index in [-0.39, 0.29) is 56.0 Å². The van der Waals surface area contributed by atoms with Gasteiger partial charge in [0.15, 0.2) is 17.5 Å². The molecule has 1 fully saturated rings. The van der Waals surface area contributed by atoms with E-state index in [1.807, 2.05) is 44.2 Å². The third-order valence-corrected chi connectivity index (χ3v) is 7.28. The van der Waals surface area contributed by atoms with Crippen molar-refractivity contribution in [2.45, 2.75) is 71.4 Å². The van der Waals surface area contributed by atoms with E-state index in [0.717, 1.165) is 5.56 Å². The van der Waals surface area contributed by atoms with Crippen molar-refractivity contribution in [3.63, 3.8) is 0 Å². The second kappa shape index (κ2) is 14.6. The van der Waals surface area contributed by atoms with Crippen molar-refractivity contribution in [3.8, 4) is 0 Å². The van der Waals surface area contributed by atoms with E-state index in [1.54, 1.807) is 11.8 Å². The monoisotopic (exact) mass is 532 g/mol. The molecule has 210 valence electrons. The van der Waals surface area contributed by atoms with Gasteiger partial charge in [-0.05, 0) is 44.1 Å². The minimum absolute atomic E-state index is 0.0780. The molecule has 1 aromatic rings. The lowest BCUT2D eigenvalue weighted by Crippen LogP contribution is -2.54. The second-order valence-corrected chi connectivity index (χ2v) is 10.4. The van der Waals surface area contributed by atoms with Crippen molar-refractivity contribution >= 4 is 29.4 Å². The Hall–Kier alpha value is -3.30. The number of amides is 1. The van der Waals surface area contributed by atoms with Gasteiger partial charge in [-0.25, -0.2) is 4.39 Å². The number of esters is 1. The van der Waals surface area contributed by atoms with Gasteiger partial charge in [0.1, 0.15) is 13.3 Å². The van der Waals surface area contributed by atoms with E-state index in [9.17, 15) is 23.6 Å². The summed E-state index contributed by atoms with van der Waals surface area (Å²) in [5.74, 6) is -3.42. The molecule has 0 saturated carbocycles. The van der Waals surface area contributed by atoms with Crippen LogP contribution in [0.15, 0.2) is 35.3 Å². The van der Waals surface area contributed by atoms with Gasteiger partial charge in [0.05, 0.1) is 17.9 Å². The van der Waals surface area contributed by atoms with Gasteiger partial charge in [0.25, 0.3) is 0 Å². The molecule has 1 aromatic carbocycles. The molecule has 10 heteroatoms. The quantitative estimate of drug-likeness (QED) is 0.153. The van der Waals surface area contributed by atoms with Crippen LogP contribution in [0.3, 0.4) is 0 Å². The van der Waals surface area contributed by atoms with Crippen LogP contribution >= 0.6 is 0 Å². The SMILES string of the molecule is CC(C)[C@H](CC(=O)OCc1ccccc1)C(=O)N1CCC[C@@]1(C)C(=O)C[C@@H](CCCN=C(N)N)C(=O)CF. The summed E-state index contributed by atoms with van der Waals surface area (Å²) in [7, 11) is 0. The second-order valence-electron chi connectivity index (χ2n) is 10.4. The highest BCUT2D eigenvalue weighted by Gasteiger charge is 2.48. The number of ketones is 2. The molecular weight excluding hydrogens is 491 g/mol. The number of aliphatic imine (C=N–C) groups is 1. The average Bonchev–Trinajstić information content (AvgIpc) is 3.29. The number of carbonyl (C=O) groups is 4. The number of hydrogen-bond acceptors (Lipinski definition) is 6. The molecule has 38 heavy (non-hydrogen) atoms. The van der Waals surface area contributed by atoms with Crippen LogP contribution in [0.1, 0.15) is 64.9 Å². The Kier molecular flexibility index (Phi) is 11.9. The Morgan fingerprint density at radius 2 is 1.82 bits per heavy atom. The summed E-state index contributed by atoms with van der Waals surface area (Å²) in [5.41, 5.74) is 10.4. The molecule has 9 nitrogen and oxygen atoms in total. The standard InChI is InChI=1S/C28H41FN4O5/c1-19(2)22(16-25(36)38-18-20-9-5-4-6-10-20)26(37)33-14-8-12-28(33,3)24(35)15-21(23(34)17-29)11-7-13-32-27(30)31/h4-6,9-10,19,21-22H,7-8,11-18H2,1-3H3,(H4,30,31,32)/t21-,22+,28+/m1/s1. The highest BCUT2D eigenvalue weighted by atomic mass is 19.1. The summed E-state index contributed by atoms with van der Waals surface area (Å²) >= 11 is 0. The van der Waals surface area contributed by atoms with Gasteiger partial charge in [0.2, 0.25) is 5.91 Å². The number of halogens is 1. The predicted octanol–water partition coefficient (Wildman–Crippen LogP) is 2.94. The summed E-state index contributed by atoms with van der Waals surface area (Å²) < 4.78 is 18.7. The first-order valence-corrected chi connectivity index (χ1v) is 13.2. The number of ether oxygens (including phenoxy) is 1. The molecule has 0 bridgehead atoms. The minimum Gasteiger partial charge on any atom is -0.461 e. The van der Waals surface area contributed by atoms with Gasteiger partial charge in [-0.1, -0.05) is 44.2 Å². The number of guanidine groups is 1. The van der Waals surface area contributed by atoms with Gasteiger partial charge in [-0.15, -0.1) is 0 Å². The molecule has 1 heterocycles. The molecule has 4 N–H and O–H groups in total. The fourth-order valence-electron chi connectivity index (χ4n) is 4.87. The van der Waals surface area contributed by atoms with Crippen molar-refractivity contribution in [3.05, 3.63) is 35.9 Å². The maximum Gasteiger partial charge on any atom is 0.306 e. The third kappa shape index (κ3) is 8.63.